The van der Waals surface area contributed by atoms with Gasteiger partial charge < -0.3 is 10.1 Å². The molecule has 31 heavy (non-hydrogen) atoms. The van der Waals surface area contributed by atoms with Gasteiger partial charge >= 0.3 is 0 Å². The largest absolute Gasteiger partial charge is 0.497 e. The van der Waals surface area contributed by atoms with Crippen molar-refractivity contribution in [3.05, 3.63) is 82.8 Å². The molecule has 0 bridgehead atoms. The molecule has 0 radical (unpaired) electrons. The summed E-state index contributed by atoms with van der Waals surface area (Å²) >= 11 is 3.12. The second kappa shape index (κ2) is 9.44. The Morgan fingerprint density at radius 3 is 2.26 bits per heavy atom. The van der Waals surface area contributed by atoms with E-state index in [2.05, 4.69) is 21.2 Å². The van der Waals surface area contributed by atoms with Crippen LogP contribution in [0, 0.1) is 11.6 Å². The Balaban J connectivity index is 1.94. The van der Waals surface area contributed by atoms with Crippen LogP contribution in [0.25, 0.3) is 0 Å². The second-order valence-electron chi connectivity index (χ2n) is 6.34. The van der Waals surface area contributed by atoms with Gasteiger partial charge in [0.05, 0.1) is 23.4 Å². The summed E-state index contributed by atoms with van der Waals surface area (Å²) in [6.07, 6.45) is 0. The molecule has 0 fully saturated rings. The van der Waals surface area contributed by atoms with E-state index in [9.17, 15) is 22.0 Å². The van der Waals surface area contributed by atoms with E-state index in [0.717, 1.165) is 28.6 Å². The van der Waals surface area contributed by atoms with Gasteiger partial charge in [-0.1, -0.05) is 15.9 Å². The van der Waals surface area contributed by atoms with E-state index < -0.39 is 34.1 Å². The molecule has 0 unspecified atom stereocenters. The van der Waals surface area contributed by atoms with Crippen LogP contribution in [0.15, 0.2) is 76.1 Å². The van der Waals surface area contributed by atoms with Crippen molar-refractivity contribution < 1.29 is 26.7 Å². The predicted molar refractivity (Wildman–Crippen MR) is 117 cm³/mol. The monoisotopic (exact) mass is 510 g/mol. The number of nitrogens with zero attached hydrogens (tertiary/aromatic N) is 1. The summed E-state index contributed by atoms with van der Waals surface area (Å²) < 4.78 is 60.2. The molecule has 0 saturated carbocycles. The first-order chi connectivity index (χ1) is 14.7. The first-order valence-electron chi connectivity index (χ1n) is 8.88. The highest BCUT2D eigenvalue weighted by Gasteiger charge is 2.27. The van der Waals surface area contributed by atoms with Gasteiger partial charge in [0, 0.05) is 4.47 Å². The highest BCUT2D eigenvalue weighted by atomic mass is 79.9. The highest BCUT2D eigenvalue weighted by Crippen LogP contribution is 2.26. The summed E-state index contributed by atoms with van der Waals surface area (Å²) in [5, 5.41) is 2.37. The molecule has 0 aromatic heterocycles. The van der Waals surface area contributed by atoms with E-state index in [-0.39, 0.29) is 16.3 Å². The fourth-order valence-corrected chi connectivity index (χ4v) is 4.46. The lowest BCUT2D eigenvalue weighted by Gasteiger charge is -2.24. The van der Waals surface area contributed by atoms with Crippen LogP contribution < -0.4 is 14.4 Å². The zero-order chi connectivity index (χ0) is 22.6. The van der Waals surface area contributed by atoms with Crippen molar-refractivity contribution in [1.29, 1.82) is 0 Å². The van der Waals surface area contributed by atoms with E-state index in [4.69, 9.17) is 4.74 Å². The Morgan fingerprint density at radius 2 is 1.68 bits per heavy atom. The Bertz CT molecular complexity index is 1190. The third-order valence-corrected chi connectivity index (χ3v) is 6.54. The van der Waals surface area contributed by atoms with Crippen LogP contribution in [0.1, 0.15) is 0 Å². The lowest BCUT2D eigenvalue weighted by Crippen LogP contribution is -2.38. The summed E-state index contributed by atoms with van der Waals surface area (Å²) in [6.45, 7) is -0.637. The van der Waals surface area contributed by atoms with Gasteiger partial charge in [0.2, 0.25) is 5.91 Å². The zero-order valence-corrected chi connectivity index (χ0v) is 18.6. The lowest BCUT2D eigenvalue weighted by atomic mass is 10.3. The molecule has 162 valence electrons. The molecular weight excluding hydrogens is 494 g/mol. The maximum absolute atomic E-state index is 14.1. The third-order valence-electron chi connectivity index (χ3n) is 4.25. The van der Waals surface area contributed by atoms with Crippen LogP contribution in [0.4, 0.5) is 20.2 Å². The van der Waals surface area contributed by atoms with Crippen molar-refractivity contribution in [2.75, 3.05) is 23.3 Å². The molecule has 0 aliphatic carbocycles. The van der Waals surface area contributed by atoms with Gasteiger partial charge in [0.15, 0.2) is 0 Å². The Hall–Kier alpha value is -2.98. The number of rotatable bonds is 7. The van der Waals surface area contributed by atoms with Gasteiger partial charge in [-0.25, -0.2) is 17.2 Å². The lowest BCUT2D eigenvalue weighted by molar-refractivity contribution is -0.114. The normalized spacial score (nSPS) is 11.1. The molecule has 3 aromatic rings. The van der Waals surface area contributed by atoms with Gasteiger partial charge in [-0.05, 0) is 66.7 Å². The molecule has 1 amide bonds. The molecule has 0 aliphatic rings. The highest BCUT2D eigenvalue weighted by molar-refractivity contribution is 9.10. The third kappa shape index (κ3) is 5.39. The number of sulfonamides is 1. The van der Waals surface area contributed by atoms with Crippen LogP contribution in [0.2, 0.25) is 0 Å². The fourth-order valence-electron chi connectivity index (χ4n) is 2.71. The van der Waals surface area contributed by atoms with E-state index in [1.165, 1.54) is 49.6 Å². The van der Waals surface area contributed by atoms with Crippen LogP contribution >= 0.6 is 15.9 Å². The number of ether oxygens (including phenoxy) is 1. The van der Waals surface area contributed by atoms with E-state index >= 15 is 0 Å². The minimum absolute atomic E-state index is 0.0953. The van der Waals surface area contributed by atoms with Crippen LogP contribution in [0.5, 0.6) is 5.75 Å². The maximum atomic E-state index is 14.1. The van der Waals surface area contributed by atoms with Gasteiger partial charge in [-0.3, -0.25) is 9.10 Å². The number of carbonyl (C=O) groups is 1. The van der Waals surface area contributed by atoms with Crippen LogP contribution in [-0.4, -0.2) is 28.0 Å². The molecule has 0 atom stereocenters. The number of anilines is 2. The van der Waals surface area contributed by atoms with Gasteiger partial charge in [0.25, 0.3) is 10.0 Å². The van der Waals surface area contributed by atoms with E-state index in [0.29, 0.717) is 10.2 Å². The topological polar surface area (TPSA) is 75.7 Å². The van der Waals surface area contributed by atoms with Gasteiger partial charge in [0.1, 0.15) is 23.9 Å². The summed E-state index contributed by atoms with van der Waals surface area (Å²) in [5.41, 5.74) is 0.0821. The molecule has 6 nitrogen and oxygen atoms in total. The summed E-state index contributed by atoms with van der Waals surface area (Å²) in [7, 11) is -2.77. The zero-order valence-electron chi connectivity index (χ0n) is 16.2. The number of benzene rings is 3. The molecule has 3 aromatic carbocycles. The predicted octanol–water partition coefficient (Wildman–Crippen LogP) is 4.57. The molecule has 1 N–H and O–H groups in total. The average Bonchev–Trinajstić information content (AvgIpc) is 2.74. The van der Waals surface area contributed by atoms with Crippen molar-refractivity contribution in [1.82, 2.24) is 0 Å². The molecule has 0 aliphatic heterocycles. The fraction of sp³-hybridized carbons (Fsp3) is 0.0952. The number of amides is 1. The molecule has 3 rings (SSSR count). The first-order valence-corrected chi connectivity index (χ1v) is 11.1. The summed E-state index contributed by atoms with van der Waals surface area (Å²) in [4.78, 5) is 12.4. The second-order valence-corrected chi connectivity index (χ2v) is 9.11. The van der Waals surface area contributed by atoms with Crippen molar-refractivity contribution in [2.24, 2.45) is 0 Å². The number of methoxy groups -OCH3 is 1. The van der Waals surface area contributed by atoms with Crippen molar-refractivity contribution in [2.45, 2.75) is 4.90 Å². The van der Waals surface area contributed by atoms with E-state index in [1.54, 1.807) is 0 Å². The molecule has 10 heteroatoms. The maximum Gasteiger partial charge on any atom is 0.264 e. The van der Waals surface area contributed by atoms with Crippen LogP contribution in [-0.2, 0) is 14.8 Å². The number of hydrogen-bond donors (Lipinski definition) is 1. The SMILES string of the molecule is COc1ccc(N(CC(=O)Nc2ccc(Br)cc2F)S(=O)(=O)c2ccc(F)cc2)cc1. The first kappa shape index (κ1) is 22.7. The van der Waals surface area contributed by atoms with Crippen molar-refractivity contribution in [3.63, 3.8) is 0 Å². The van der Waals surface area contributed by atoms with E-state index in [1.807, 2.05) is 0 Å². The van der Waals surface area contributed by atoms with Gasteiger partial charge in [-0.15, -0.1) is 0 Å². The van der Waals surface area contributed by atoms with Crippen molar-refractivity contribution in [3.8, 4) is 5.75 Å². The Morgan fingerprint density at radius 1 is 1.03 bits per heavy atom. The summed E-state index contributed by atoms with van der Waals surface area (Å²) in [6, 6.07) is 14.3. The van der Waals surface area contributed by atoms with Crippen molar-refractivity contribution >= 4 is 43.2 Å². The quantitative estimate of drug-likeness (QED) is 0.505. The minimum atomic E-state index is -4.23. The standard InChI is InChI=1S/C21H17BrF2N2O4S/c1-30-17-7-5-16(6-8-17)26(31(28,29)18-9-3-15(23)4-10-18)13-21(27)25-20-11-2-14(22)12-19(20)24/h2-12H,13H2,1H3,(H,25,27). The molecule has 0 spiro atoms. The Labute approximate surface area is 186 Å². The van der Waals surface area contributed by atoms with Crippen LogP contribution in [0.3, 0.4) is 0 Å². The molecular formula is C21H17BrF2N2O4S. The Kier molecular flexibility index (Phi) is 6.91. The summed E-state index contributed by atoms with van der Waals surface area (Å²) in [5.74, 6) is -1.55. The smallest absolute Gasteiger partial charge is 0.264 e. The average molecular weight is 511 g/mol. The number of carbonyl (C=O) groups excluding carboxylic acids is 1. The molecule has 0 saturated heterocycles. The number of nitrogens with one attached hydrogen (secondary N) is 1. The number of hydrogen-bond acceptors (Lipinski definition) is 4. The minimum Gasteiger partial charge on any atom is -0.497 e. The van der Waals surface area contributed by atoms with Gasteiger partial charge in [-0.2, -0.15) is 0 Å². The molecule has 0 heterocycles. The number of halogens is 3.